The highest BCUT2D eigenvalue weighted by molar-refractivity contribution is 5.78. The number of carbonyl (C=O) groups is 1. The largest absolute Gasteiger partial charge is 0.338 e. The minimum absolute atomic E-state index is 0.190. The molecule has 0 amide bonds. The minimum Gasteiger partial charge on any atom is -0.274 e. The molecule has 7 nitrogen and oxygen atoms in total. The third-order valence-corrected chi connectivity index (χ3v) is 1.45. The maximum atomic E-state index is 11.4. The van der Waals surface area contributed by atoms with Crippen LogP contribution in [0, 0.1) is 0 Å². The molecule has 0 aliphatic carbocycles. The van der Waals surface area contributed by atoms with Crippen molar-refractivity contribution in [1.82, 2.24) is 19.1 Å². The normalized spacial score (nSPS) is 9.00. The van der Waals surface area contributed by atoms with Gasteiger partial charge in [-0.2, -0.15) is 0 Å². The first-order valence-corrected chi connectivity index (χ1v) is 3.72. The summed E-state index contributed by atoms with van der Waals surface area (Å²) in [7, 11) is 0. The molecule has 0 aliphatic rings. The zero-order chi connectivity index (χ0) is 10.4. The topological polar surface area (TPSA) is 105 Å². The van der Waals surface area contributed by atoms with Gasteiger partial charge in [-0.3, -0.25) is 20.8 Å². The predicted molar refractivity (Wildman–Crippen MR) is 49.0 cm³/mol. The van der Waals surface area contributed by atoms with Gasteiger partial charge in [0, 0.05) is 24.8 Å². The van der Waals surface area contributed by atoms with Crippen LogP contribution >= 0.6 is 0 Å². The van der Waals surface area contributed by atoms with Gasteiger partial charge in [0.05, 0.1) is 0 Å². The van der Waals surface area contributed by atoms with E-state index in [1.165, 1.54) is 21.8 Å². The van der Waals surface area contributed by atoms with Gasteiger partial charge in [-0.1, -0.05) is 0 Å². The van der Waals surface area contributed by atoms with E-state index in [0.29, 0.717) is 0 Å². The maximum absolute atomic E-state index is 11.4. The summed E-state index contributed by atoms with van der Waals surface area (Å²) in [5.41, 5.74) is 0. The molecule has 4 N–H and O–H groups in total. The van der Waals surface area contributed by atoms with Crippen molar-refractivity contribution in [2.24, 2.45) is 11.7 Å². The van der Waals surface area contributed by atoms with Crippen LogP contribution in [0.25, 0.3) is 0 Å². The number of hydrogen-bond donors (Lipinski definition) is 2. The van der Waals surface area contributed by atoms with Gasteiger partial charge < -0.3 is 0 Å². The van der Waals surface area contributed by atoms with Gasteiger partial charge in [-0.25, -0.2) is 14.8 Å². The average molecular weight is 194 g/mol. The molecule has 0 aromatic carbocycles. The van der Waals surface area contributed by atoms with Crippen LogP contribution in [0.3, 0.4) is 0 Å². The first kappa shape index (κ1) is 10.1. The highest BCUT2D eigenvalue weighted by atomic mass is 16.2. The first-order valence-electron chi connectivity index (χ1n) is 3.72. The Hall–Kier alpha value is -1.99. The second-order valence-electron chi connectivity index (χ2n) is 2.22. The molecule has 2 aromatic heterocycles. The number of nitrogens with zero attached hydrogens (tertiary/aromatic N) is 4. The first-order chi connectivity index (χ1) is 6.88. The lowest BCUT2D eigenvalue weighted by Gasteiger charge is -1.98. The van der Waals surface area contributed by atoms with Crippen molar-refractivity contribution in [2.45, 2.75) is 0 Å². The van der Waals surface area contributed by atoms with Gasteiger partial charge in [0.1, 0.15) is 12.7 Å². The standard InChI is InChI=1S/C7H6N4O.H4N2/c12-7(10-3-1-8-5-10)11-4-2-9-6-11;1-2/h1-6H;1-2H2. The lowest BCUT2D eigenvalue weighted by atomic mass is 10.8. The van der Waals surface area contributed by atoms with E-state index >= 15 is 0 Å². The summed E-state index contributed by atoms with van der Waals surface area (Å²) < 4.78 is 2.75. The van der Waals surface area contributed by atoms with Gasteiger partial charge >= 0.3 is 6.03 Å². The monoisotopic (exact) mass is 194 g/mol. The molecule has 0 atom stereocenters. The van der Waals surface area contributed by atoms with Crippen LogP contribution in [0.1, 0.15) is 0 Å². The van der Waals surface area contributed by atoms with Gasteiger partial charge in [0.2, 0.25) is 0 Å². The molecule has 0 aliphatic heterocycles. The number of carbonyl (C=O) groups excluding carboxylic acids is 1. The van der Waals surface area contributed by atoms with Crippen LogP contribution in [-0.4, -0.2) is 25.1 Å². The SMILES string of the molecule is NN.O=C(n1ccnc1)n1ccnc1. The quantitative estimate of drug-likeness (QED) is 0.431. The van der Waals surface area contributed by atoms with Gasteiger partial charge in [0.25, 0.3) is 0 Å². The Balaban J connectivity index is 0.000000461. The van der Waals surface area contributed by atoms with Crippen LogP contribution in [0.4, 0.5) is 4.79 Å². The Morgan fingerprint density at radius 3 is 1.71 bits per heavy atom. The van der Waals surface area contributed by atoms with Crippen molar-refractivity contribution in [3.63, 3.8) is 0 Å². The van der Waals surface area contributed by atoms with E-state index in [2.05, 4.69) is 21.7 Å². The summed E-state index contributed by atoms with van der Waals surface area (Å²) in [4.78, 5) is 18.9. The van der Waals surface area contributed by atoms with Gasteiger partial charge in [-0.15, -0.1) is 0 Å². The molecule has 0 saturated carbocycles. The Bertz CT molecular complexity index is 329. The van der Waals surface area contributed by atoms with E-state index in [-0.39, 0.29) is 6.03 Å². The summed E-state index contributed by atoms with van der Waals surface area (Å²) in [6, 6.07) is -0.190. The van der Waals surface area contributed by atoms with E-state index in [1.54, 1.807) is 24.8 Å². The molecule has 74 valence electrons. The number of rotatable bonds is 0. The molecule has 0 spiro atoms. The Morgan fingerprint density at radius 1 is 1.00 bits per heavy atom. The minimum atomic E-state index is -0.190. The second kappa shape index (κ2) is 4.90. The van der Waals surface area contributed by atoms with Crippen molar-refractivity contribution in [2.75, 3.05) is 0 Å². The van der Waals surface area contributed by atoms with Crippen molar-refractivity contribution in [3.8, 4) is 0 Å². The summed E-state index contributed by atoms with van der Waals surface area (Å²) in [6.45, 7) is 0. The summed E-state index contributed by atoms with van der Waals surface area (Å²) in [5, 5.41) is 0. The second-order valence-corrected chi connectivity index (χ2v) is 2.22. The third kappa shape index (κ3) is 2.03. The lowest BCUT2D eigenvalue weighted by Crippen LogP contribution is -2.15. The Morgan fingerprint density at radius 2 is 1.43 bits per heavy atom. The van der Waals surface area contributed by atoms with Crippen LogP contribution < -0.4 is 11.7 Å². The highest BCUT2D eigenvalue weighted by Gasteiger charge is 2.03. The van der Waals surface area contributed by atoms with Crippen LogP contribution in [-0.2, 0) is 0 Å². The molecule has 0 radical (unpaired) electrons. The van der Waals surface area contributed by atoms with Crippen LogP contribution in [0.15, 0.2) is 37.4 Å². The molecule has 7 heteroatoms. The fourth-order valence-corrected chi connectivity index (χ4v) is 0.878. The Kier molecular flexibility index (Phi) is 3.53. The van der Waals surface area contributed by atoms with E-state index in [0.717, 1.165) is 0 Å². The van der Waals surface area contributed by atoms with E-state index in [1.807, 2.05) is 0 Å². The van der Waals surface area contributed by atoms with Crippen molar-refractivity contribution >= 4 is 6.03 Å². The van der Waals surface area contributed by atoms with E-state index < -0.39 is 0 Å². The molecule has 14 heavy (non-hydrogen) atoms. The number of imidazole rings is 2. The highest BCUT2D eigenvalue weighted by Crippen LogP contribution is 1.91. The molecular weight excluding hydrogens is 184 g/mol. The summed E-state index contributed by atoms with van der Waals surface area (Å²) >= 11 is 0. The molecule has 0 fully saturated rings. The number of nitrogens with two attached hydrogens (primary N) is 2. The number of hydrogen-bond acceptors (Lipinski definition) is 5. The zero-order valence-electron chi connectivity index (χ0n) is 7.32. The number of hydrazine groups is 1. The van der Waals surface area contributed by atoms with E-state index in [9.17, 15) is 4.79 Å². The predicted octanol–water partition coefficient (Wildman–Crippen LogP) is -0.585. The van der Waals surface area contributed by atoms with E-state index in [4.69, 9.17) is 0 Å². The number of aromatic nitrogens is 4. The fourth-order valence-electron chi connectivity index (χ4n) is 0.878. The van der Waals surface area contributed by atoms with Gasteiger partial charge in [-0.05, 0) is 0 Å². The lowest BCUT2D eigenvalue weighted by molar-refractivity contribution is 0.244. The zero-order valence-corrected chi connectivity index (χ0v) is 7.32. The summed E-state index contributed by atoms with van der Waals surface area (Å²) in [6.07, 6.45) is 9.17. The summed E-state index contributed by atoms with van der Waals surface area (Å²) in [5.74, 6) is 8.00. The van der Waals surface area contributed by atoms with Crippen molar-refractivity contribution < 1.29 is 4.79 Å². The van der Waals surface area contributed by atoms with Crippen LogP contribution in [0.2, 0.25) is 0 Å². The molecule has 2 rings (SSSR count). The molecule has 2 aromatic rings. The molecular formula is C7H10N6O. The molecule has 0 bridgehead atoms. The smallest absolute Gasteiger partial charge is 0.274 e. The molecule has 0 saturated heterocycles. The Labute approximate surface area is 79.9 Å². The molecule has 2 heterocycles. The average Bonchev–Trinajstić information content (AvgIpc) is 2.93. The van der Waals surface area contributed by atoms with Crippen molar-refractivity contribution in [3.05, 3.63) is 37.4 Å². The maximum Gasteiger partial charge on any atom is 0.338 e. The molecule has 0 unspecified atom stereocenters. The van der Waals surface area contributed by atoms with Crippen LogP contribution in [0.5, 0.6) is 0 Å². The fraction of sp³-hybridized carbons (Fsp3) is 0. The van der Waals surface area contributed by atoms with Crippen molar-refractivity contribution in [1.29, 1.82) is 0 Å². The third-order valence-electron chi connectivity index (χ3n) is 1.45. The van der Waals surface area contributed by atoms with Gasteiger partial charge in [0.15, 0.2) is 0 Å².